The van der Waals surface area contributed by atoms with E-state index in [2.05, 4.69) is 4.72 Å². The number of ether oxygens (including phenoxy) is 1. The molecule has 6 nitrogen and oxygen atoms in total. The van der Waals surface area contributed by atoms with Crippen molar-refractivity contribution >= 4 is 21.0 Å². The molecule has 0 fully saturated rings. The van der Waals surface area contributed by atoms with Gasteiger partial charge in [-0.3, -0.25) is 0 Å². The molecule has 0 radical (unpaired) electrons. The van der Waals surface area contributed by atoms with Gasteiger partial charge >= 0.3 is 0 Å². The number of methoxy groups -OCH3 is 1. The van der Waals surface area contributed by atoms with Gasteiger partial charge in [-0.25, -0.2) is 21.7 Å². The van der Waals surface area contributed by atoms with Crippen LogP contribution in [0.4, 0.5) is 4.39 Å². The summed E-state index contributed by atoms with van der Waals surface area (Å²) in [4.78, 5) is 0. The second-order valence-electron chi connectivity index (χ2n) is 10.1. The van der Waals surface area contributed by atoms with Crippen molar-refractivity contribution in [2.45, 2.75) is 64.9 Å². The van der Waals surface area contributed by atoms with Crippen molar-refractivity contribution in [3.05, 3.63) is 65.5 Å². The van der Waals surface area contributed by atoms with Crippen molar-refractivity contribution in [1.29, 1.82) is 0 Å². The number of sulfonamides is 1. The van der Waals surface area contributed by atoms with Gasteiger partial charge in [0.2, 0.25) is 10.0 Å². The molecule has 0 saturated heterocycles. The van der Waals surface area contributed by atoms with Gasteiger partial charge in [-0.05, 0) is 69.0 Å². The summed E-state index contributed by atoms with van der Waals surface area (Å²) in [5.41, 5.74) is 0.379. The highest BCUT2D eigenvalue weighted by Crippen LogP contribution is 2.26. The van der Waals surface area contributed by atoms with E-state index in [1.165, 1.54) is 16.4 Å². The number of nitrogens with zero attached hydrogens (tertiary/aromatic N) is 1. The third-order valence-corrected chi connectivity index (χ3v) is 9.57. The maximum atomic E-state index is 13.8. The summed E-state index contributed by atoms with van der Waals surface area (Å²) in [6.07, 6.45) is 0. The predicted molar refractivity (Wildman–Crippen MR) is 137 cm³/mol. The normalized spacial score (nSPS) is 15.4. The molecule has 0 unspecified atom stereocenters. The fraction of sp³-hybridized carbons (Fsp3) is 0.520. The number of hydrogen-bond acceptors (Lipinski definition) is 4. The van der Waals surface area contributed by atoms with Crippen molar-refractivity contribution < 1.29 is 21.8 Å². The maximum Gasteiger partial charge on any atom is 0.216 e. The van der Waals surface area contributed by atoms with E-state index in [1.54, 1.807) is 38.3 Å². The Labute approximate surface area is 206 Å². The zero-order valence-electron chi connectivity index (χ0n) is 21.1. The summed E-state index contributed by atoms with van der Waals surface area (Å²) in [5.74, 6) is -0.131. The van der Waals surface area contributed by atoms with Gasteiger partial charge in [0.1, 0.15) is 11.6 Å². The van der Waals surface area contributed by atoms with Crippen LogP contribution in [-0.4, -0.2) is 40.1 Å². The van der Waals surface area contributed by atoms with E-state index >= 15 is 0 Å². The molecule has 0 heterocycles. The number of nitrogens with one attached hydrogen (secondary N) is 1. The summed E-state index contributed by atoms with van der Waals surface area (Å²) >= 11 is 0. The van der Waals surface area contributed by atoms with E-state index in [1.807, 2.05) is 46.8 Å². The lowest BCUT2D eigenvalue weighted by atomic mass is 9.92. The molecule has 0 aliphatic rings. The van der Waals surface area contributed by atoms with E-state index in [4.69, 9.17) is 4.74 Å². The Morgan fingerprint density at radius 2 is 1.62 bits per heavy atom. The van der Waals surface area contributed by atoms with Crippen LogP contribution in [0, 0.1) is 11.7 Å². The Morgan fingerprint density at radius 1 is 1.03 bits per heavy atom. The molecule has 1 N–H and O–H groups in total. The van der Waals surface area contributed by atoms with E-state index in [0.717, 1.165) is 5.56 Å². The first-order valence-corrected chi connectivity index (χ1v) is 14.0. The van der Waals surface area contributed by atoms with E-state index in [0.29, 0.717) is 11.3 Å². The minimum atomic E-state index is -3.86. The number of halogens is 1. The Morgan fingerprint density at radius 3 is 2.12 bits per heavy atom. The van der Waals surface area contributed by atoms with Gasteiger partial charge in [0.15, 0.2) is 0 Å². The summed E-state index contributed by atoms with van der Waals surface area (Å²) in [7, 11) is -3.75. The summed E-state index contributed by atoms with van der Waals surface area (Å²) < 4.78 is 63.3. The highest BCUT2D eigenvalue weighted by molar-refractivity contribution is 7.89. The molecule has 190 valence electrons. The standard InChI is InChI=1S/C25H37FN2O4S2/c1-19(2)25(6,27-33(29)24(3,4)5)18-34(30,31)28(17-21-9-8-10-22(26)15-21)16-20-11-13-23(32-7)14-12-20/h8-15,19,27H,16-18H2,1-7H3/t25-,33+/m0/s1. The largest absolute Gasteiger partial charge is 0.497 e. The Balaban J connectivity index is 2.41. The lowest BCUT2D eigenvalue weighted by Gasteiger charge is -2.38. The van der Waals surface area contributed by atoms with Crippen molar-refractivity contribution in [3.63, 3.8) is 0 Å². The van der Waals surface area contributed by atoms with Crippen molar-refractivity contribution in [2.75, 3.05) is 12.9 Å². The fourth-order valence-electron chi connectivity index (χ4n) is 3.18. The second kappa shape index (κ2) is 11.3. The van der Waals surface area contributed by atoms with Crippen LogP contribution in [0.3, 0.4) is 0 Å². The number of rotatable bonds is 11. The molecular weight excluding hydrogens is 475 g/mol. The molecule has 0 spiro atoms. The van der Waals surface area contributed by atoms with Gasteiger partial charge in [0.25, 0.3) is 0 Å². The second-order valence-corrected chi connectivity index (χ2v) is 14.0. The molecule has 0 saturated carbocycles. The molecule has 0 aliphatic heterocycles. The molecule has 2 rings (SSSR count). The Bertz CT molecular complexity index is 1080. The molecule has 34 heavy (non-hydrogen) atoms. The summed E-state index contributed by atoms with van der Waals surface area (Å²) in [6, 6.07) is 13.1. The van der Waals surface area contributed by atoms with Gasteiger partial charge in [-0.2, -0.15) is 4.31 Å². The molecule has 0 aromatic heterocycles. The van der Waals surface area contributed by atoms with Gasteiger partial charge in [0.05, 0.1) is 28.6 Å². The number of hydrogen-bond donors (Lipinski definition) is 1. The molecule has 0 bridgehead atoms. The summed E-state index contributed by atoms with van der Waals surface area (Å²) in [6.45, 7) is 11.2. The van der Waals surface area contributed by atoms with Crippen LogP contribution < -0.4 is 9.46 Å². The van der Waals surface area contributed by atoms with Crippen LogP contribution in [0.25, 0.3) is 0 Å². The average molecular weight is 513 g/mol. The molecule has 0 amide bonds. The third kappa shape index (κ3) is 7.86. The Kier molecular flexibility index (Phi) is 9.44. The molecule has 2 atom stereocenters. The average Bonchev–Trinajstić information content (AvgIpc) is 2.72. The fourth-order valence-corrected chi connectivity index (χ4v) is 6.34. The molecular formula is C25H37FN2O4S2. The zero-order chi connectivity index (χ0) is 25.7. The van der Waals surface area contributed by atoms with E-state index in [-0.39, 0.29) is 24.8 Å². The highest BCUT2D eigenvalue weighted by atomic mass is 32.2. The first kappa shape index (κ1) is 28.4. The lowest BCUT2D eigenvalue weighted by Crippen LogP contribution is -2.57. The lowest BCUT2D eigenvalue weighted by molar-refractivity contribution is 0.326. The van der Waals surface area contributed by atoms with Crippen LogP contribution in [0.15, 0.2) is 48.5 Å². The molecule has 2 aromatic rings. The predicted octanol–water partition coefficient (Wildman–Crippen LogP) is 4.63. The molecule has 0 aliphatic carbocycles. The highest BCUT2D eigenvalue weighted by Gasteiger charge is 2.39. The van der Waals surface area contributed by atoms with Crippen molar-refractivity contribution in [3.8, 4) is 5.75 Å². The van der Waals surface area contributed by atoms with Gasteiger partial charge in [0, 0.05) is 18.6 Å². The zero-order valence-corrected chi connectivity index (χ0v) is 22.7. The maximum absolute atomic E-state index is 13.8. The molecule has 9 heteroatoms. The smallest absolute Gasteiger partial charge is 0.216 e. The van der Waals surface area contributed by atoms with Crippen LogP contribution >= 0.6 is 0 Å². The minimum absolute atomic E-state index is 0.0165. The molecule has 2 aromatic carbocycles. The quantitative estimate of drug-likeness (QED) is 0.476. The van der Waals surface area contributed by atoms with Crippen LogP contribution in [-0.2, 0) is 34.1 Å². The van der Waals surface area contributed by atoms with Crippen LogP contribution in [0.5, 0.6) is 5.75 Å². The topological polar surface area (TPSA) is 75.7 Å². The van der Waals surface area contributed by atoms with Gasteiger partial charge < -0.3 is 4.74 Å². The monoisotopic (exact) mass is 512 g/mol. The van der Waals surface area contributed by atoms with Gasteiger partial charge in [-0.1, -0.05) is 38.1 Å². The first-order valence-electron chi connectivity index (χ1n) is 11.2. The van der Waals surface area contributed by atoms with Crippen molar-refractivity contribution in [1.82, 2.24) is 9.03 Å². The van der Waals surface area contributed by atoms with Crippen LogP contribution in [0.1, 0.15) is 52.7 Å². The van der Waals surface area contributed by atoms with Crippen LogP contribution in [0.2, 0.25) is 0 Å². The first-order chi connectivity index (χ1) is 15.7. The van der Waals surface area contributed by atoms with Gasteiger partial charge in [-0.15, -0.1) is 0 Å². The van der Waals surface area contributed by atoms with Crippen molar-refractivity contribution in [2.24, 2.45) is 5.92 Å². The Hall–Kier alpha value is -1.81. The number of benzene rings is 2. The minimum Gasteiger partial charge on any atom is -0.497 e. The summed E-state index contributed by atoms with van der Waals surface area (Å²) in [5, 5.41) is 0. The van der Waals surface area contributed by atoms with E-state index in [9.17, 15) is 17.0 Å². The third-order valence-electron chi connectivity index (χ3n) is 5.80. The van der Waals surface area contributed by atoms with E-state index < -0.39 is 37.1 Å². The SMILES string of the molecule is COc1ccc(CN(Cc2cccc(F)c2)S(=O)(=O)C[C@](C)(N[S@](=O)C(C)(C)C)C(C)C)cc1.